The Balaban J connectivity index is 2.33. The van der Waals surface area contributed by atoms with Crippen LogP contribution in [0.4, 0.5) is 15.8 Å². The highest BCUT2D eigenvalue weighted by Crippen LogP contribution is 2.25. The molecule has 0 unspecified atom stereocenters. The lowest BCUT2D eigenvalue weighted by Crippen LogP contribution is -2.13. The van der Waals surface area contributed by atoms with Crippen molar-refractivity contribution in [1.29, 1.82) is 0 Å². The number of carbonyl (C=O) groups is 1. The van der Waals surface area contributed by atoms with Crippen molar-refractivity contribution in [3.05, 3.63) is 63.5 Å². The van der Waals surface area contributed by atoms with Crippen molar-refractivity contribution in [3.63, 3.8) is 0 Å². The molecule has 0 aliphatic carbocycles. The van der Waals surface area contributed by atoms with Gasteiger partial charge in [0, 0.05) is 17.8 Å². The van der Waals surface area contributed by atoms with E-state index in [2.05, 4.69) is 5.32 Å². The van der Waals surface area contributed by atoms with Crippen LogP contribution in [0.15, 0.2) is 36.4 Å². The highest BCUT2D eigenvalue weighted by atomic mass is 19.1. The number of halogens is 1. The smallest absolute Gasteiger partial charge is 0.270 e. The number of nitro benzene ring substituents is 1. The van der Waals surface area contributed by atoms with Gasteiger partial charge in [0.1, 0.15) is 11.6 Å². The molecule has 1 amide bonds. The molecule has 0 bridgehead atoms. The minimum Gasteiger partial charge on any atom is -0.496 e. The van der Waals surface area contributed by atoms with Crippen molar-refractivity contribution in [3.8, 4) is 5.75 Å². The van der Waals surface area contributed by atoms with Gasteiger partial charge in [-0.05, 0) is 30.7 Å². The van der Waals surface area contributed by atoms with E-state index in [1.807, 2.05) is 0 Å². The fourth-order valence-corrected chi connectivity index (χ4v) is 1.86. The van der Waals surface area contributed by atoms with Gasteiger partial charge in [0.05, 0.1) is 17.6 Å². The first-order valence-electron chi connectivity index (χ1n) is 6.32. The fourth-order valence-electron chi connectivity index (χ4n) is 1.86. The van der Waals surface area contributed by atoms with E-state index in [-0.39, 0.29) is 22.7 Å². The number of nitro groups is 1. The van der Waals surface area contributed by atoms with Gasteiger partial charge in [-0.25, -0.2) is 4.39 Å². The number of methoxy groups -OCH3 is 1. The van der Waals surface area contributed by atoms with Gasteiger partial charge in [0.2, 0.25) is 0 Å². The molecular weight excluding hydrogens is 291 g/mol. The van der Waals surface area contributed by atoms with E-state index >= 15 is 0 Å². The molecule has 0 spiro atoms. The SMILES string of the molecule is COc1ccc([N+](=O)[O-])cc1C(=O)Nc1ccc(C)c(F)c1. The number of ether oxygens (including phenoxy) is 1. The summed E-state index contributed by atoms with van der Waals surface area (Å²) in [5.41, 5.74) is 0.464. The quantitative estimate of drug-likeness (QED) is 0.694. The number of carbonyl (C=O) groups excluding carboxylic acids is 1. The normalized spacial score (nSPS) is 10.1. The zero-order chi connectivity index (χ0) is 16.3. The maximum absolute atomic E-state index is 13.5. The molecule has 114 valence electrons. The van der Waals surface area contributed by atoms with Gasteiger partial charge >= 0.3 is 0 Å². The van der Waals surface area contributed by atoms with E-state index in [9.17, 15) is 19.3 Å². The topological polar surface area (TPSA) is 81.5 Å². The molecule has 0 aromatic heterocycles. The average molecular weight is 304 g/mol. The van der Waals surface area contributed by atoms with Crippen LogP contribution in [0.2, 0.25) is 0 Å². The molecule has 0 radical (unpaired) electrons. The van der Waals surface area contributed by atoms with Crippen molar-refractivity contribution in [2.24, 2.45) is 0 Å². The summed E-state index contributed by atoms with van der Waals surface area (Å²) in [5, 5.41) is 13.3. The number of hydrogen-bond donors (Lipinski definition) is 1. The van der Waals surface area contributed by atoms with Crippen LogP contribution in [-0.4, -0.2) is 17.9 Å². The molecule has 0 atom stereocenters. The van der Waals surface area contributed by atoms with Crippen molar-refractivity contribution < 1.29 is 18.8 Å². The Morgan fingerprint density at radius 2 is 2.00 bits per heavy atom. The molecule has 7 heteroatoms. The van der Waals surface area contributed by atoms with Crippen LogP contribution in [-0.2, 0) is 0 Å². The highest BCUT2D eigenvalue weighted by Gasteiger charge is 2.17. The molecule has 0 aliphatic rings. The Hall–Kier alpha value is -2.96. The number of anilines is 1. The number of rotatable bonds is 4. The van der Waals surface area contributed by atoms with Gasteiger partial charge in [-0.2, -0.15) is 0 Å². The number of nitrogens with one attached hydrogen (secondary N) is 1. The Morgan fingerprint density at radius 1 is 1.27 bits per heavy atom. The zero-order valence-electron chi connectivity index (χ0n) is 11.9. The van der Waals surface area contributed by atoms with E-state index in [0.29, 0.717) is 5.56 Å². The molecule has 2 rings (SSSR count). The molecule has 0 heterocycles. The third kappa shape index (κ3) is 3.20. The summed E-state index contributed by atoms with van der Waals surface area (Å²) in [6, 6.07) is 7.93. The van der Waals surface area contributed by atoms with Crippen molar-refractivity contribution in [1.82, 2.24) is 0 Å². The van der Waals surface area contributed by atoms with Crippen LogP contribution >= 0.6 is 0 Å². The maximum atomic E-state index is 13.5. The minimum atomic E-state index is -0.621. The first-order valence-corrected chi connectivity index (χ1v) is 6.32. The summed E-state index contributed by atoms with van der Waals surface area (Å²) in [5.74, 6) is -0.886. The van der Waals surface area contributed by atoms with E-state index in [0.717, 1.165) is 6.07 Å². The summed E-state index contributed by atoms with van der Waals surface area (Å²) >= 11 is 0. The third-order valence-corrected chi connectivity index (χ3v) is 3.07. The van der Waals surface area contributed by atoms with Crippen LogP contribution in [0.3, 0.4) is 0 Å². The maximum Gasteiger partial charge on any atom is 0.270 e. The predicted molar refractivity (Wildman–Crippen MR) is 78.7 cm³/mol. The Morgan fingerprint density at radius 3 is 2.59 bits per heavy atom. The minimum absolute atomic E-state index is 0.00215. The molecule has 0 fully saturated rings. The Kier molecular flexibility index (Phi) is 4.36. The molecule has 0 aliphatic heterocycles. The fraction of sp³-hybridized carbons (Fsp3) is 0.133. The van der Waals surface area contributed by atoms with Crippen molar-refractivity contribution >= 4 is 17.3 Å². The molecule has 2 aromatic rings. The van der Waals surface area contributed by atoms with Crippen LogP contribution in [0.1, 0.15) is 15.9 Å². The number of nitrogens with zero attached hydrogens (tertiary/aromatic N) is 1. The summed E-state index contributed by atoms with van der Waals surface area (Å²) in [7, 11) is 1.35. The standard InChI is InChI=1S/C15H13FN2O4/c1-9-3-4-10(7-13(9)16)17-15(19)12-8-11(18(20)21)5-6-14(12)22-2/h3-8H,1-2H3,(H,17,19). The molecule has 0 saturated carbocycles. The first kappa shape index (κ1) is 15.4. The van der Waals surface area contributed by atoms with Crippen LogP contribution < -0.4 is 10.1 Å². The van der Waals surface area contributed by atoms with Gasteiger partial charge < -0.3 is 10.1 Å². The van der Waals surface area contributed by atoms with E-state index in [1.165, 1.54) is 31.4 Å². The number of aryl methyl sites for hydroxylation is 1. The lowest BCUT2D eigenvalue weighted by Gasteiger charge is -2.09. The monoisotopic (exact) mass is 304 g/mol. The van der Waals surface area contributed by atoms with E-state index < -0.39 is 16.6 Å². The lowest BCUT2D eigenvalue weighted by molar-refractivity contribution is -0.384. The first-order chi connectivity index (χ1) is 10.4. The van der Waals surface area contributed by atoms with Gasteiger partial charge in [-0.15, -0.1) is 0 Å². The van der Waals surface area contributed by atoms with Crippen molar-refractivity contribution in [2.75, 3.05) is 12.4 Å². The molecular formula is C15H13FN2O4. The number of non-ortho nitro benzene ring substituents is 1. The molecule has 22 heavy (non-hydrogen) atoms. The number of benzene rings is 2. The summed E-state index contributed by atoms with van der Waals surface area (Å²) in [4.78, 5) is 22.4. The Labute approximate surface area is 125 Å². The van der Waals surface area contributed by atoms with E-state index in [4.69, 9.17) is 4.74 Å². The van der Waals surface area contributed by atoms with E-state index in [1.54, 1.807) is 13.0 Å². The van der Waals surface area contributed by atoms with Crippen molar-refractivity contribution in [2.45, 2.75) is 6.92 Å². The largest absolute Gasteiger partial charge is 0.496 e. The van der Waals surface area contributed by atoms with Gasteiger partial charge in [0.25, 0.3) is 11.6 Å². The number of amides is 1. The molecule has 1 N–H and O–H groups in total. The van der Waals surface area contributed by atoms with Gasteiger partial charge in [-0.1, -0.05) is 6.07 Å². The predicted octanol–water partition coefficient (Wildman–Crippen LogP) is 3.30. The zero-order valence-corrected chi connectivity index (χ0v) is 11.9. The summed E-state index contributed by atoms with van der Waals surface area (Å²) < 4.78 is 18.5. The van der Waals surface area contributed by atoms with Gasteiger partial charge in [-0.3, -0.25) is 14.9 Å². The van der Waals surface area contributed by atoms with Crippen LogP contribution in [0.5, 0.6) is 5.75 Å². The molecule has 2 aromatic carbocycles. The van der Waals surface area contributed by atoms with Crippen LogP contribution in [0.25, 0.3) is 0 Å². The number of hydrogen-bond acceptors (Lipinski definition) is 4. The second-order valence-corrected chi connectivity index (χ2v) is 4.56. The van der Waals surface area contributed by atoms with Crippen LogP contribution in [0, 0.1) is 22.9 Å². The highest BCUT2D eigenvalue weighted by molar-refractivity contribution is 6.06. The third-order valence-electron chi connectivity index (χ3n) is 3.07. The molecule has 6 nitrogen and oxygen atoms in total. The second kappa shape index (κ2) is 6.21. The molecule has 0 saturated heterocycles. The second-order valence-electron chi connectivity index (χ2n) is 4.56. The average Bonchev–Trinajstić information content (AvgIpc) is 2.50. The summed E-state index contributed by atoms with van der Waals surface area (Å²) in [6.07, 6.45) is 0. The Bertz CT molecular complexity index is 746. The summed E-state index contributed by atoms with van der Waals surface area (Å²) in [6.45, 7) is 1.60. The van der Waals surface area contributed by atoms with Gasteiger partial charge in [0.15, 0.2) is 0 Å². The lowest BCUT2D eigenvalue weighted by atomic mass is 10.1.